The van der Waals surface area contributed by atoms with E-state index in [2.05, 4.69) is 27.7 Å². The van der Waals surface area contributed by atoms with Crippen molar-refractivity contribution >= 4 is 0 Å². The average Bonchev–Trinajstić information content (AvgIpc) is 2.91. The molecule has 0 aromatic heterocycles. The minimum atomic E-state index is -0.695. The highest BCUT2D eigenvalue weighted by Crippen LogP contribution is 2.64. The van der Waals surface area contributed by atoms with E-state index in [1.54, 1.807) is 7.11 Å². The quantitative estimate of drug-likeness (QED) is 0.662. The van der Waals surface area contributed by atoms with Gasteiger partial charge in [0.2, 0.25) is 5.79 Å². The summed E-state index contributed by atoms with van der Waals surface area (Å²) >= 11 is 0. The fourth-order valence-corrected chi connectivity index (χ4v) is 7.08. The lowest BCUT2D eigenvalue weighted by Crippen LogP contribution is -2.52. The minimum Gasteiger partial charge on any atom is -0.496 e. The Labute approximate surface area is 175 Å². The van der Waals surface area contributed by atoms with Crippen LogP contribution in [0.25, 0.3) is 0 Å². The second-order valence-electron chi connectivity index (χ2n) is 11.1. The number of hydrogen-bond donors (Lipinski definition) is 1. The Balaban J connectivity index is 1.74. The number of rotatable bonds is 3. The van der Waals surface area contributed by atoms with Crippen molar-refractivity contribution in [3.63, 3.8) is 0 Å². The predicted octanol–water partition coefficient (Wildman–Crippen LogP) is 6.11. The molecule has 1 aromatic rings. The van der Waals surface area contributed by atoms with Crippen molar-refractivity contribution < 1.29 is 19.3 Å². The molecule has 2 aliphatic carbocycles. The van der Waals surface area contributed by atoms with E-state index in [0.717, 1.165) is 5.56 Å². The maximum atomic E-state index is 11.8. The number of ether oxygens (including phenoxy) is 3. The maximum Gasteiger partial charge on any atom is 0.246 e. The van der Waals surface area contributed by atoms with Crippen molar-refractivity contribution in [1.82, 2.24) is 0 Å². The molecule has 1 N–H and O–H groups in total. The number of aliphatic hydroxyl groups is 1. The van der Waals surface area contributed by atoms with E-state index in [-0.39, 0.29) is 11.3 Å². The molecule has 2 saturated carbocycles. The van der Waals surface area contributed by atoms with Crippen LogP contribution in [-0.2, 0) is 0 Å². The SMILES string of the molecule is COc1cc2c(cc1C(O)[C@H]1[C@@H](C)CC[C@H]3C(C)(C)CCC[C@]13C)OC(C)(C)O2. The van der Waals surface area contributed by atoms with Crippen LogP contribution < -0.4 is 14.2 Å². The van der Waals surface area contributed by atoms with Crippen LogP contribution in [0.1, 0.15) is 85.3 Å². The molecule has 4 nitrogen and oxygen atoms in total. The minimum absolute atomic E-state index is 0.124. The second kappa shape index (κ2) is 6.80. The number of aliphatic hydroxyl groups excluding tert-OH is 1. The lowest BCUT2D eigenvalue weighted by atomic mass is 9.45. The molecule has 3 aliphatic rings. The van der Waals surface area contributed by atoms with Crippen LogP contribution in [0, 0.1) is 28.6 Å². The molecule has 1 heterocycles. The first-order valence-corrected chi connectivity index (χ1v) is 11.3. The zero-order valence-corrected chi connectivity index (χ0v) is 19.2. The molecule has 5 atom stereocenters. The van der Waals surface area contributed by atoms with E-state index in [9.17, 15) is 5.11 Å². The van der Waals surface area contributed by atoms with Crippen LogP contribution in [-0.4, -0.2) is 18.0 Å². The third kappa shape index (κ3) is 3.32. The summed E-state index contributed by atoms with van der Waals surface area (Å²) in [4.78, 5) is 0. The Hall–Kier alpha value is -1.42. The molecule has 29 heavy (non-hydrogen) atoms. The van der Waals surface area contributed by atoms with E-state index in [1.807, 2.05) is 26.0 Å². The first-order valence-electron chi connectivity index (χ1n) is 11.3. The summed E-state index contributed by atoms with van der Waals surface area (Å²) in [6, 6.07) is 3.82. The first-order chi connectivity index (χ1) is 13.5. The molecule has 0 radical (unpaired) electrons. The molecule has 0 bridgehead atoms. The zero-order chi connectivity index (χ0) is 21.2. The van der Waals surface area contributed by atoms with Gasteiger partial charge in [-0.1, -0.05) is 40.5 Å². The lowest BCUT2D eigenvalue weighted by molar-refractivity contribution is -0.134. The van der Waals surface area contributed by atoms with E-state index < -0.39 is 11.9 Å². The molecule has 4 rings (SSSR count). The molecular formula is C25H38O4. The van der Waals surface area contributed by atoms with Gasteiger partial charge in [-0.3, -0.25) is 0 Å². The Kier molecular flexibility index (Phi) is 4.88. The van der Waals surface area contributed by atoms with Gasteiger partial charge in [-0.2, -0.15) is 0 Å². The van der Waals surface area contributed by atoms with Crippen molar-refractivity contribution in [2.75, 3.05) is 7.11 Å². The van der Waals surface area contributed by atoms with Crippen molar-refractivity contribution in [1.29, 1.82) is 0 Å². The third-order valence-corrected chi connectivity index (χ3v) is 8.23. The van der Waals surface area contributed by atoms with Crippen LogP contribution in [0.3, 0.4) is 0 Å². The lowest BCUT2D eigenvalue weighted by Gasteiger charge is -2.60. The summed E-state index contributed by atoms with van der Waals surface area (Å²) < 4.78 is 17.6. The maximum absolute atomic E-state index is 11.8. The van der Waals surface area contributed by atoms with Crippen LogP contribution in [0.15, 0.2) is 12.1 Å². The third-order valence-electron chi connectivity index (χ3n) is 8.23. The average molecular weight is 403 g/mol. The number of fused-ring (bicyclic) bond motifs is 2. The Bertz CT molecular complexity index is 783. The summed E-state index contributed by atoms with van der Waals surface area (Å²) in [7, 11) is 1.66. The van der Waals surface area contributed by atoms with Crippen LogP contribution in [0.2, 0.25) is 0 Å². The normalized spacial score (nSPS) is 35.7. The van der Waals surface area contributed by atoms with Crippen molar-refractivity contribution in [3.05, 3.63) is 17.7 Å². The van der Waals surface area contributed by atoms with Gasteiger partial charge in [0.25, 0.3) is 0 Å². The first kappa shape index (κ1) is 20.8. The monoisotopic (exact) mass is 402 g/mol. The summed E-state index contributed by atoms with van der Waals surface area (Å²) in [5, 5.41) is 11.8. The fraction of sp³-hybridized carbons (Fsp3) is 0.760. The Morgan fingerprint density at radius 3 is 2.34 bits per heavy atom. The number of methoxy groups -OCH3 is 1. The molecule has 1 unspecified atom stereocenters. The molecule has 2 fully saturated rings. The molecule has 4 heteroatoms. The van der Waals surface area contributed by atoms with Crippen molar-refractivity contribution in [2.45, 2.75) is 85.5 Å². The number of hydrogen-bond acceptors (Lipinski definition) is 4. The molecule has 0 amide bonds. The van der Waals surface area contributed by atoms with E-state index in [4.69, 9.17) is 14.2 Å². The molecule has 0 spiro atoms. The molecule has 1 aromatic carbocycles. The molecule has 1 aliphatic heterocycles. The van der Waals surface area contributed by atoms with Gasteiger partial charge in [-0.25, -0.2) is 0 Å². The summed E-state index contributed by atoms with van der Waals surface area (Å²) in [5.74, 6) is 2.67. The summed E-state index contributed by atoms with van der Waals surface area (Å²) in [5.41, 5.74) is 1.28. The van der Waals surface area contributed by atoms with Gasteiger partial charge in [0.15, 0.2) is 11.5 Å². The highest BCUT2D eigenvalue weighted by atomic mass is 16.7. The topological polar surface area (TPSA) is 47.9 Å². The zero-order valence-electron chi connectivity index (χ0n) is 19.2. The highest BCUT2D eigenvalue weighted by molar-refractivity contribution is 5.53. The van der Waals surface area contributed by atoms with Gasteiger partial charge in [-0.05, 0) is 53.9 Å². The van der Waals surface area contributed by atoms with Gasteiger partial charge in [0.05, 0.1) is 13.2 Å². The molecule has 0 saturated heterocycles. The van der Waals surface area contributed by atoms with Gasteiger partial charge >= 0.3 is 0 Å². The van der Waals surface area contributed by atoms with Gasteiger partial charge in [0, 0.05) is 25.5 Å². The van der Waals surface area contributed by atoms with Crippen molar-refractivity contribution in [2.24, 2.45) is 28.6 Å². The fourth-order valence-electron chi connectivity index (χ4n) is 7.08. The summed E-state index contributed by atoms with van der Waals surface area (Å²) in [6.45, 7) is 13.4. The Morgan fingerprint density at radius 1 is 1.03 bits per heavy atom. The highest BCUT2D eigenvalue weighted by Gasteiger charge is 2.56. The molecule has 162 valence electrons. The smallest absolute Gasteiger partial charge is 0.246 e. The van der Waals surface area contributed by atoms with Gasteiger partial charge in [-0.15, -0.1) is 0 Å². The molecular weight excluding hydrogens is 364 g/mol. The van der Waals surface area contributed by atoms with E-state index in [0.29, 0.717) is 34.5 Å². The van der Waals surface area contributed by atoms with Crippen molar-refractivity contribution in [3.8, 4) is 17.2 Å². The van der Waals surface area contributed by atoms with Gasteiger partial charge in [0.1, 0.15) is 5.75 Å². The van der Waals surface area contributed by atoms with Crippen LogP contribution in [0.4, 0.5) is 0 Å². The predicted molar refractivity (Wildman–Crippen MR) is 114 cm³/mol. The largest absolute Gasteiger partial charge is 0.496 e. The second-order valence-corrected chi connectivity index (χ2v) is 11.1. The van der Waals surface area contributed by atoms with Crippen LogP contribution >= 0.6 is 0 Å². The van der Waals surface area contributed by atoms with Gasteiger partial charge < -0.3 is 19.3 Å². The van der Waals surface area contributed by atoms with E-state index in [1.165, 1.54) is 32.1 Å². The van der Waals surface area contributed by atoms with E-state index >= 15 is 0 Å². The summed E-state index contributed by atoms with van der Waals surface area (Å²) in [6.07, 6.45) is 5.56. The van der Waals surface area contributed by atoms with Crippen LogP contribution in [0.5, 0.6) is 17.2 Å². The number of benzene rings is 1. The standard InChI is InChI=1S/C25H38O4/c1-15-9-10-20-23(2,3)11-8-12-25(20,6)21(15)22(26)16-13-18-19(14-17(16)27-7)29-24(4,5)28-18/h13-15,20-22,26H,8-12H2,1-7H3/t15-,20-,21+,22?,25-/m0/s1. The Morgan fingerprint density at radius 2 is 1.69 bits per heavy atom.